The van der Waals surface area contributed by atoms with E-state index in [0.717, 1.165) is 28.2 Å². The predicted octanol–water partition coefficient (Wildman–Crippen LogP) is 2.79. The highest BCUT2D eigenvalue weighted by atomic mass is 32.2. The van der Waals surface area contributed by atoms with E-state index in [2.05, 4.69) is 20.5 Å². The first-order valence-electron chi connectivity index (χ1n) is 9.38. The van der Waals surface area contributed by atoms with Crippen molar-refractivity contribution in [2.24, 2.45) is 0 Å². The highest BCUT2D eigenvalue weighted by Gasteiger charge is 2.22. The van der Waals surface area contributed by atoms with Gasteiger partial charge in [0.05, 0.1) is 11.4 Å². The lowest BCUT2D eigenvalue weighted by atomic mass is 10.1. The van der Waals surface area contributed by atoms with Crippen LogP contribution in [-0.4, -0.2) is 48.5 Å². The highest BCUT2D eigenvalue weighted by Crippen LogP contribution is 2.22. The minimum absolute atomic E-state index is 0.0924. The summed E-state index contributed by atoms with van der Waals surface area (Å²) in [4.78, 5) is 27.2. The van der Waals surface area contributed by atoms with Crippen LogP contribution in [0.1, 0.15) is 5.56 Å². The zero-order valence-electron chi connectivity index (χ0n) is 16.2. The molecule has 3 N–H and O–H groups in total. The van der Waals surface area contributed by atoms with Crippen molar-refractivity contribution in [3.05, 3.63) is 72.4 Å². The normalized spacial score (nSPS) is 12.0. The molecule has 1 amide bonds. The summed E-state index contributed by atoms with van der Waals surface area (Å²) < 4.78 is 15.5. The van der Waals surface area contributed by atoms with Gasteiger partial charge in [-0.05, 0) is 23.8 Å². The van der Waals surface area contributed by atoms with E-state index in [1.807, 2.05) is 24.3 Å². The summed E-state index contributed by atoms with van der Waals surface area (Å²) in [5.74, 6) is -2.14. The van der Waals surface area contributed by atoms with Crippen molar-refractivity contribution in [1.29, 1.82) is 0 Å². The second kappa shape index (κ2) is 9.00. The first kappa shape index (κ1) is 20.6. The fourth-order valence-electron chi connectivity index (χ4n) is 3.22. The fourth-order valence-corrected chi connectivity index (χ4v) is 3.95. The second-order valence-electron chi connectivity index (χ2n) is 6.75. The number of nitrogens with one attached hydrogen (secondary N) is 2. The molecule has 8 nitrogen and oxygen atoms in total. The van der Waals surface area contributed by atoms with Crippen molar-refractivity contribution in [2.45, 2.75) is 17.6 Å². The van der Waals surface area contributed by atoms with Crippen LogP contribution >= 0.6 is 11.8 Å². The van der Waals surface area contributed by atoms with Crippen molar-refractivity contribution in [1.82, 2.24) is 25.1 Å². The molecule has 4 aromatic rings. The maximum Gasteiger partial charge on any atom is 0.326 e. The SMILES string of the molecule is O=C(CSc1nncn1-c1ccccc1F)N[C@@H](Cc1c[nH]c2ccccc12)C(=O)O. The molecule has 0 fully saturated rings. The summed E-state index contributed by atoms with van der Waals surface area (Å²) in [5, 5.41) is 21.1. The molecule has 10 heteroatoms. The number of carboxylic acids is 1. The molecule has 31 heavy (non-hydrogen) atoms. The van der Waals surface area contributed by atoms with E-state index in [0.29, 0.717) is 5.16 Å². The lowest BCUT2D eigenvalue weighted by Gasteiger charge is -2.14. The molecule has 0 aliphatic carbocycles. The van der Waals surface area contributed by atoms with Gasteiger partial charge in [-0.2, -0.15) is 0 Å². The Morgan fingerprint density at radius 3 is 2.77 bits per heavy atom. The van der Waals surface area contributed by atoms with E-state index >= 15 is 0 Å². The largest absolute Gasteiger partial charge is 0.480 e. The van der Waals surface area contributed by atoms with Crippen molar-refractivity contribution in [3.8, 4) is 5.69 Å². The average Bonchev–Trinajstić information content (AvgIpc) is 3.39. The summed E-state index contributed by atoms with van der Waals surface area (Å²) in [6.07, 6.45) is 3.25. The fraction of sp³-hybridized carbons (Fsp3) is 0.143. The molecule has 2 aromatic carbocycles. The van der Waals surface area contributed by atoms with Crippen LogP contribution < -0.4 is 5.32 Å². The van der Waals surface area contributed by atoms with Crippen molar-refractivity contribution in [2.75, 3.05) is 5.75 Å². The van der Waals surface area contributed by atoms with E-state index in [1.54, 1.807) is 24.4 Å². The zero-order chi connectivity index (χ0) is 21.8. The quantitative estimate of drug-likeness (QED) is 0.364. The van der Waals surface area contributed by atoms with E-state index in [1.165, 1.54) is 17.0 Å². The van der Waals surface area contributed by atoms with E-state index < -0.39 is 23.7 Å². The number of para-hydroxylation sites is 2. The van der Waals surface area contributed by atoms with Gasteiger partial charge in [-0.1, -0.05) is 42.1 Å². The Morgan fingerprint density at radius 2 is 1.97 bits per heavy atom. The third-order valence-corrected chi connectivity index (χ3v) is 5.64. The van der Waals surface area contributed by atoms with Gasteiger partial charge < -0.3 is 15.4 Å². The molecule has 2 heterocycles. The maximum atomic E-state index is 14.1. The van der Waals surface area contributed by atoms with Gasteiger partial charge in [-0.15, -0.1) is 10.2 Å². The Labute approximate surface area is 180 Å². The van der Waals surface area contributed by atoms with Gasteiger partial charge in [0.2, 0.25) is 5.91 Å². The molecule has 0 spiro atoms. The van der Waals surface area contributed by atoms with Gasteiger partial charge in [-0.3, -0.25) is 9.36 Å². The molecule has 0 saturated heterocycles. The summed E-state index contributed by atoms with van der Waals surface area (Å²) in [6.45, 7) is 0. The first-order chi connectivity index (χ1) is 15.0. The summed E-state index contributed by atoms with van der Waals surface area (Å²) in [7, 11) is 0. The number of hydrogen-bond acceptors (Lipinski definition) is 5. The van der Waals surface area contributed by atoms with Crippen LogP contribution in [-0.2, 0) is 16.0 Å². The molecule has 0 unspecified atom stereocenters. The maximum absolute atomic E-state index is 14.1. The number of halogens is 1. The van der Waals surface area contributed by atoms with Crippen molar-refractivity contribution >= 4 is 34.5 Å². The summed E-state index contributed by atoms with van der Waals surface area (Å²) >= 11 is 1.04. The van der Waals surface area contributed by atoms with Crippen LogP contribution in [0.3, 0.4) is 0 Å². The number of carbonyl (C=O) groups excluding carboxylic acids is 1. The molecule has 0 aliphatic heterocycles. The number of nitrogens with zero attached hydrogens (tertiary/aromatic N) is 3. The number of hydrogen-bond donors (Lipinski definition) is 3. The van der Waals surface area contributed by atoms with E-state index in [9.17, 15) is 19.1 Å². The van der Waals surface area contributed by atoms with Gasteiger partial charge in [0.25, 0.3) is 0 Å². The number of carbonyl (C=O) groups is 2. The van der Waals surface area contributed by atoms with Crippen LogP contribution in [0, 0.1) is 5.82 Å². The second-order valence-corrected chi connectivity index (χ2v) is 7.69. The molecule has 0 aliphatic rings. The Bertz CT molecular complexity index is 1240. The van der Waals surface area contributed by atoms with Gasteiger partial charge in [-0.25, -0.2) is 9.18 Å². The third kappa shape index (κ3) is 4.58. The number of benzene rings is 2. The van der Waals surface area contributed by atoms with Crippen LogP contribution in [0.15, 0.2) is 66.2 Å². The topological polar surface area (TPSA) is 113 Å². The third-order valence-electron chi connectivity index (χ3n) is 4.69. The Balaban J connectivity index is 1.41. The molecular formula is C21H18FN5O3S. The van der Waals surface area contributed by atoms with Crippen LogP contribution in [0.25, 0.3) is 16.6 Å². The number of thioether (sulfide) groups is 1. The van der Waals surface area contributed by atoms with Gasteiger partial charge >= 0.3 is 5.97 Å². The Kier molecular flexibility index (Phi) is 5.99. The highest BCUT2D eigenvalue weighted by molar-refractivity contribution is 7.99. The summed E-state index contributed by atoms with van der Waals surface area (Å²) in [6, 6.07) is 12.6. The number of rotatable bonds is 8. The number of aliphatic carboxylic acids is 1. The Morgan fingerprint density at radius 1 is 1.19 bits per heavy atom. The lowest BCUT2D eigenvalue weighted by Crippen LogP contribution is -2.43. The molecule has 158 valence electrons. The number of carboxylic acid groups (broad SMARTS) is 1. The lowest BCUT2D eigenvalue weighted by molar-refractivity contribution is -0.141. The number of aromatic nitrogens is 4. The number of amides is 1. The molecule has 0 bridgehead atoms. The number of fused-ring (bicyclic) bond motifs is 1. The zero-order valence-corrected chi connectivity index (χ0v) is 17.0. The van der Waals surface area contributed by atoms with Crippen molar-refractivity contribution < 1.29 is 19.1 Å². The predicted molar refractivity (Wildman–Crippen MR) is 114 cm³/mol. The number of H-pyrrole nitrogens is 1. The van der Waals surface area contributed by atoms with Crippen molar-refractivity contribution in [3.63, 3.8) is 0 Å². The number of aromatic amines is 1. The monoisotopic (exact) mass is 439 g/mol. The molecule has 2 aromatic heterocycles. The standard InChI is InChI=1S/C21H18FN5O3S/c22-15-6-2-4-8-18(15)27-12-24-26-21(27)31-11-19(28)25-17(20(29)30)9-13-10-23-16-7-3-1-5-14(13)16/h1-8,10,12,17,23H,9,11H2,(H,25,28)(H,29,30)/t17-/m0/s1. The first-order valence-corrected chi connectivity index (χ1v) is 10.4. The van der Waals surface area contributed by atoms with Gasteiger partial charge in [0.1, 0.15) is 18.2 Å². The smallest absolute Gasteiger partial charge is 0.326 e. The minimum Gasteiger partial charge on any atom is -0.480 e. The molecule has 4 rings (SSSR count). The van der Waals surface area contributed by atoms with E-state index in [4.69, 9.17) is 0 Å². The molecule has 1 atom stereocenters. The minimum atomic E-state index is -1.13. The van der Waals surface area contributed by atoms with Crippen LogP contribution in [0.4, 0.5) is 4.39 Å². The van der Waals surface area contributed by atoms with Gasteiger partial charge in [0.15, 0.2) is 5.16 Å². The molecule has 0 radical (unpaired) electrons. The van der Waals surface area contributed by atoms with Gasteiger partial charge in [0, 0.05) is 23.5 Å². The van der Waals surface area contributed by atoms with Crippen LogP contribution in [0.2, 0.25) is 0 Å². The molecular weight excluding hydrogens is 421 g/mol. The summed E-state index contributed by atoms with van der Waals surface area (Å²) in [5.41, 5.74) is 1.96. The van der Waals surface area contributed by atoms with E-state index in [-0.39, 0.29) is 17.9 Å². The van der Waals surface area contributed by atoms with Crippen LogP contribution in [0.5, 0.6) is 0 Å². The Hall–Kier alpha value is -3.66. The average molecular weight is 439 g/mol. The molecule has 0 saturated carbocycles.